The van der Waals surface area contributed by atoms with Gasteiger partial charge in [0.2, 0.25) is 0 Å². The van der Waals surface area contributed by atoms with Gasteiger partial charge in [0.05, 0.1) is 17.3 Å². The van der Waals surface area contributed by atoms with Crippen LogP contribution in [0.2, 0.25) is 5.02 Å². The molecule has 6 heteroatoms. The van der Waals surface area contributed by atoms with Crippen molar-refractivity contribution in [1.82, 2.24) is 14.3 Å². The predicted octanol–water partition coefficient (Wildman–Crippen LogP) is 1.55. The van der Waals surface area contributed by atoms with Gasteiger partial charge in [0.15, 0.2) is 0 Å². The van der Waals surface area contributed by atoms with Crippen molar-refractivity contribution in [1.29, 1.82) is 0 Å². The Hall–Kier alpha value is -1.43. The van der Waals surface area contributed by atoms with Gasteiger partial charge in [-0.15, -0.1) is 0 Å². The van der Waals surface area contributed by atoms with Gasteiger partial charge in [-0.3, -0.25) is 14.1 Å². The first-order valence-electron chi connectivity index (χ1n) is 6.54. The van der Waals surface area contributed by atoms with Crippen molar-refractivity contribution in [2.24, 2.45) is 0 Å². The molecule has 0 amide bonds. The monoisotopic (exact) mass is 295 g/mol. The van der Waals surface area contributed by atoms with E-state index in [1.54, 1.807) is 18.3 Å². The van der Waals surface area contributed by atoms with E-state index in [1.165, 1.54) is 10.5 Å². The van der Waals surface area contributed by atoms with E-state index in [1.807, 2.05) is 13.8 Å². The summed E-state index contributed by atoms with van der Waals surface area (Å²) < 4.78 is 1.43. The van der Waals surface area contributed by atoms with E-state index in [2.05, 4.69) is 9.88 Å². The molecule has 1 N–H and O–H groups in total. The summed E-state index contributed by atoms with van der Waals surface area (Å²) in [6, 6.07) is 5.21. The maximum atomic E-state index is 12.1. The van der Waals surface area contributed by atoms with Gasteiger partial charge in [-0.2, -0.15) is 0 Å². The van der Waals surface area contributed by atoms with E-state index >= 15 is 0 Å². The van der Waals surface area contributed by atoms with Crippen LogP contribution < -0.4 is 5.56 Å². The minimum atomic E-state index is -0.153. The molecule has 0 atom stereocenters. The first-order valence-corrected chi connectivity index (χ1v) is 6.92. The van der Waals surface area contributed by atoms with Crippen molar-refractivity contribution < 1.29 is 5.11 Å². The molecule has 2 rings (SSSR count). The molecule has 0 saturated heterocycles. The second-order valence-electron chi connectivity index (χ2n) is 4.95. The third-order valence-corrected chi connectivity index (χ3v) is 3.38. The lowest BCUT2D eigenvalue weighted by Crippen LogP contribution is -2.33. The number of pyridine rings is 1. The highest BCUT2D eigenvalue weighted by atomic mass is 35.5. The Morgan fingerprint density at radius 3 is 2.85 bits per heavy atom. The van der Waals surface area contributed by atoms with E-state index in [4.69, 9.17) is 16.7 Å². The van der Waals surface area contributed by atoms with Crippen LogP contribution in [0.1, 0.15) is 19.5 Å². The SMILES string of the molecule is CC(C)N(CCO)Cc1cc(=O)n2cc(Cl)ccc2n1. The summed E-state index contributed by atoms with van der Waals surface area (Å²) in [5.74, 6) is 0. The number of fused-ring (bicyclic) bond motifs is 1. The molecule has 0 radical (unpaired) electrons. The Morgan fingerprint density at radius 2 is 2.20 bits per heavy atom. The molecule has 0 aromatic carbocycles. The molecule has 5 nitrogen and oxygen atoms in total. The van der Waals surface area contributed by atoms with E-state index in [0.29, 0.717) is 29.5 Å². The molecule has 20 heavy (non-hydrogen) atoms. The van der Waals surface area contributed by atoms with Gasteiger partial charge in [-0.25, -0.2) is 4.98 Å². The molecule has 0 aliphatic rings. The first-order chi connectivity index (χ1) is 9.51. The number of hydrogen-bond donors (Lipinski definition) is 1. The van der Waals surface area contributed by atoms with Crippen LogP contribution >= 0.6 is 11.6 Å². The minimum Gasteiger partial charge on any atom is -0.395 e. The highest BCUT2D eigenvalue weighted by molar-refractivity contribution is 6.30. The van der Waals surface area contributed by atoms with Crippen LogP contribution in [0.5, 0.6) is 0 Å². The molecule has 0 bridgehead atoms. The van der Waals surface area contributed by atoms with Gasteiger partial charge in [0, 0.05) is 31.4 Å². The average molecular weight is 296 g/mol. The van der Waals surface area contributed by atoms with Crippen molar-refractivity contribution in [3.63, 3.8) is 0 Å². The number of aliphatic hydroxyl groups excluding tert-OH is 1. The van der Waals surface area contributed by atoms with E-state index in [0.717, 1.165) is 0 Å². The molecule has 0 unspecified atom stereocenters. The predicted molar refractivity (Wildman–Crippen MR) is 79.1 cm³/mol. The maximum Gasteiger partial charge on any atom is 0.258 e. The third-order valence-electron chi connectivity index (χ3n) is 3.16. The quantitative estimate of drug-likeness (QED) is 0.909. The molecule has 108 valence electrons. The lowest BCUT2D eigenvalue weighted by atomic mass is 10.2. The topological polar surface area (TPSA) is 57.8 Å². The number of hydrogen-bond acceptors (Lipinski definition) is 4. The fraction of sp³-hybridized carbons (Fsp3) is 0.429. The maximum absolute atomic E-state index is 12.1. The third kappa shape index (κ3) is 3.36. The number of halogens is 1. The Kier molecular flexibility index (Phi) is 4.75. The summed E-state index contributed by atoms with van der Waals surface area (Å²) in [4.78, 5) is 18.6. The summed E-state index contributed by atoms with van der Waals surface area (Å²) in [7, 11) is 0. The highest BCUT2D eigenvalue weighted by Gasteiger charge is 2.11. The lowest BCUT2D eigenvalue weighted by molar-refractivity contribution is 0.158. The van der Waals surface area contributed by atoms with Crippen molar-refractivity contribution in [3.8, 4) is 0 Å². The largest absolute Gasteiger partial charge is 0.395 e. The van der Waals surface area contributed by atoms with Gasteiger partial charge in [-0.1, -0.05) is 11.6 Å². The van der Waals surface area contributed by atoms with Crippen LogP contribution in [-0.2, 0) is 6.54 Å². The van der Waals surface area contributed by atoms with Gasteiger partial charge in [-0.05, 0) is 26.0 Å². The Balaban J connectivity index is 2.36. The minimum absolute atomic E-state index is 0.0837. The van der Waals surface area contributed by atoms with E-state index in [-0.39, 0.29) is 18.2 Å². The molecule has 0 spiro atoms. The fourth-order valence-corrected chi connectivity index (χ4v) is 2.22. The van der Waals surface area contributed by atoms with Crippen molar-refractivity contribution >= 4 is 17.2 Å². The summed E-state index contributed by atoms with van der Waals surface area (Å²) in [6.45, 7) is 5.26. The molecule has 2 heterocycles. The van der Waals surface area contributed by atoms with Crippen LogP contribution in [0.15, 0.2) is 29.2 Å². The summed E-state index contributed by atoms with van der Waals surface area (Å²) in [5, 5.41) is 9.58. The van der Waals surface area contributed by atoms with E-state index < -0.39 is 0 Å². The Labute approximate surface area is 122 Å². The zero-order chi connectivity index (χ0) is 14.7. The molecule has 0 fully saturated rings. The Bertz CT molecular complexity index is 654. The normalized spacial score (nSPS) is 11.7. The van der Waals surface area contributed by atoms with Gasteiger partial charge in [0.25, 0.3) is 5.56 Å². The average Bonchev–Trinajstić information content (AvgIpc) is 2.39. The smallest absolute Gasteiger partial charge is 0.258 e. The molecular formula is C14H18ClN3O2. The van der Waals surface area contributed by atoms with Gasteiger partial charge < -0.3 is 5.11 Å². The number of rotatable bonds is 5. The van der Waals surface area contributed by atoms with Gasteiger partial charge in [0.1, 0.15) is 5.65 Å². The van der Waals surface area contributed by atoms with Gasteiger partial charge >= 0.3 is 0 Å². The van der Waals surface area contributed by atoms with Crippen molar-refractivity contribution in [3.05, 3.63) is 45.5 Å². The van der Waals surface area contributed by atoms with Crippen LogP contribution in [0, 0.1) is 0 Å². The zero-order valence-electron chi connectivity index (χ0n) is 11.6. The standard InChI is InChI=1S/C14H18ClN3O2/c1-10(2)17(5-6-19)9-12-7-14(20)18-8-11(15)3-4-13(18)16-12/h3-4,7-8,10,19H,5-6,9H2,1-2H3. The second kappa shape index (κ2) is 6.35. The first kappa shape index (κ1) is 15.0. The molecule has 0 aliphatic heterocycles. The molecule has 2 aromatic rings. The molecule has 2 aromatic heterocycles. The molecular weight excluding hydrogens is 278 g/mol. The van der Waals surface area contributed by atoms with Crippen LogP contribution in [0.3, 0.4) is 0 Å². The van der Waals surface area contributed by atoms with E-state index in [9.17, 15) is 4.79 Å². The van der Waals surface area contributed by atoms with Crippen molar-refractivity contribution in [2.75, 3.05) is 13.2 Å². The van der Waals surface area contributed by atoms with Crippen LogP contribution in [-0.4, -0.2) is 38.6 Å². The summed E-state index contributed by atoms with van der Waals surface area (Å²) in [5.41, 5.74) is 1.12. The van der Waals surface area contributed by atoms with Crippen LogP contribution in [0.25, 0.3) is 5.65 Å². The highest BCUT2D eigenvalue weighted by Crippen LogP contribution is 2.10. The van der Waals surface area contributed by atoms with Crippen molar-refractivity contribution in [2.45, 2.75) is 26.4 Å². The summed E-state index contributed by atoms with van der Waals surface area (Å²) >= 11 is 5.87. The summed E-state index contributed by atoms with van der Waals surface area (Å²) in [6.07, 6.45) is 1.56. The number of aromatic nitrogens is 2. The molecule has 0 saturated carbocycles. The number of aliphatic hydroxyl groups is 1. The Morgan fingerprint density at radius 1 is 1.45 bits per heavy atom. The molecule has 0 aliphatic carbocycles. The number of nitrogens with zero attached hydrogens (tertiary/aromatic N) is 3. The lowest BCUT2D eigenvalue weighted by Gasteiger charge is -2.25. The second-order valence-corrected chi connectivity index (χ2v) is 5.39. The van der Waals surface area contributed by atoms with Crippen LogP contribution in [0.4, 0.5) is 0 Å². The zero-order valence-corrected chi connectivity index (χ0v) is 12.3. The fourth-order valence-electron chi connectivity index (χ4n) is 2.06.